The summed E-state index contributed by atoms with van der Waals surface area (Å²) in [7, 11) is 0. The molecule has 1 heterocycles. The number of aromatic nitrogens is 3. The second-order valence-electron chi connectivity index (χ2n) is 2.93. The average molecular weight is 206 g/mol. The monoisotopic (exact) mass is 206 g/mol. The lowest BCUT2D eigenvalue weighted by Gasteiger charge is -2.05. The standard InChI is InChI=1S/C10H14N4O/c1-4-7-8(5-2)13-14-10(11-7)12-9(15)6-3/h6H,3-5H2,1-2H3,(H,11,12,14,15). The van der Waals surface area contributed by atoms with Crippen molar-refractivity contribution in [2.24, 2.45) is 0 Å². The summed E-state index contributed by atoms with van der Waals surface area (Å²) in [5, 5.41) is 10.3. The highest BCUT2D eigenvalue weighted by Gasteiger charge is 2.06. The van der Waals surface area contributed by atoms with Crippen molar-refractivity contribution >= 4 is 11.9 Å². The molecule has 0 saturated carbocycles. The summed E-state index contributed by atoms with van der Waals surface area (Å²) >= 11 is 0. The van der Waals surface area contributed by atoms with Gasteiger partial charge < -0.3 is 0 Å². The fourth-order valence-corrected chi connectivity index (χ4v) is 1.15. The van der Waals surface area contributed by atoms with Gasteiger partial charge >= 0.3 is 0 Å². The lowest BCUT2D eigenvalue weighted by atomic mass is 10.2. The van der Waals surface area contributed by atoms with E-state index in [1.165, 1.54) is 6.08 Å². The molecule has 1 amide bonds. The molecule has 0 aliphatic heterocycles. The van der Waals surface area contributed by atoms with Gasteiger partial charge in [-0.2, -0.15) is 0 Å². The fraction of sp³-hybridized carbons (Fsp3) is 0.400. The lowest BCUT2D eigenvalue weighted by molar-refractivity contribution is -0.111. The van der Waals surface area contributed by atoms with Crippen molar-refractivity contribution < 1.29 is 4.79 Å². The van der Waals surface area contributed by atoms with Gasteiger partial charge in [0.15, 0.2) is 0 Å². The molecule has 0 atom stereocenters. The van der Waals surface area contributed by atoms with Crippen LogP contribution in [-0.2, 0) is 17.6 Å². The van der Waals surface area contributed by atoms with E-state index >= 15 is 0 Å². The minimum atomic E-state index is -0.330. The van der Waals surface area contributed by atoms with Crippen LogP contribution in [0, 0.1) is 0 Å². The SMILES string of the molecule is C=CC(=O)Nc1nnc(CC)c(CC)n1. The summed E-state index contributed by atoms with van der Waals surface area (Å²) in [6, 6.07) is 0. The van der Waals surface area contributed by atoms with E-state index in [9.17, 15) is 4.79 Å². The lowest BCUT2D eigenvalue weighted by Crippen LogP contribution is -2.13. The largest absolute Gasteiger partial charge is 0.290 e. The van der Waals surface area contributed by atoms with Gasteiger partial charge in [0.05, 0.1) is 11.4 Å². The van der Waals surface area contributed by atoms with Crippen LogP contribution in [0.1, 0.15) is 25.2 Å². The molecule has 5 heteroatoms. The molecule has 1 aromatic rings. The molecule has 80 valence electrons. The Kier molecular flexibility index (Phi) is 3.91. The van der Waals surface area contributed by atoms with E-state index in [2.05, 4.69) is 27.1 Å². The smallest absolute Gasteiger partial charge is 0.250 e. The van der Waals surface area contributed by atoms with Crippen molar-refractivity contribution in [1.82, 2.24) is 15.2 Å². The van der Waals surface area contributed by atoms with Crippen LogP contribution < -0.4 is 5.32 Å². The number of aryl methyl sites for hydroxylation is 2. The molecule has 0 bridgehead atoms. The Bertz CT molecular complexity index is 376. The van der Waals surface area contributed by atoms with Gasteiger partial charge in [-0.15, -0.1) is 10.2 Å². The molecule has 1 rings (SSSR count). The molecule has 0 radical (unpaired) electrons. The Labute approximate surface area is 88.6 Å². The molecule has 1 aromatic heterocycles. The van der Waals surface area contributed by atoms with Gasteiger partial charge in [-0.1, -0.05) is 20.4 Å². The molecule has 0 spiro atoms. The second-order valence-corrected chi connectivity index (χ2v) is 2.93. The van der Waals surface area contributed by atoms with Crippen molar-refractivity contribution in [1.29, 1.82) is 0 Å². The predicted octanol–water partition coefficient (Wildman–Crippen LogP) is 1.12. The van der Waals surface area contributed by atoms with Gasteiger partial charge in [0, 0.05) is 0 Å². The van der Waals surface area contributed by atoms with Gasteiger partial charge in [0.1, 0.15) is 0 Å². The topological polar surface area (TPSA) is 67.8 Å². The number of carbonyl (C=O) groups is 1. The molecule has 15 heavy (non-hydrogen) atoms. The maximum Gasteiger partial charge on any atom is 0.250 e. The van der Waals surface area contributed by atoms with Crippen LogP contribution in [0.15, 0.2) is 12.7 Å². The molecule has 0 unspecified atom stereocenters. The number of hydrogen-bond donors (Lipinski definition) is 1. The van der Waals surface area contributed by atoms with Crippen molar-refractivity contribution in [2.45, 2.75) is 26.7 Å². The fourth-order valence-electron chi connectivity index (χ4n) is 1.15. The average Bonchev–Trinajstić information content (AvgIpc) is 2.28. The van der Waals surface area contributed by atoms with Crippen molar-refractivity contribution in [3.8, 4) is 0 Å². The van der Waals surface area contributed by atoms with Gasteiger partial charge in [-0.25, -0.2) is 4.98 Å². The first kappa shape index (κ1) is 11.3. The van der Waals surface area contributed by atoms with Crippen LogP contribution in [-0.4, -0.2) is 21.1 Å². The van der Waals surface area contributed by atoms with E-state index in [1.807, 2.05) is 13.8 Å². The third-order valence-electron chi connectivity index (χ3n) is 1.93. The van der Waals surface area contributed by atoms with E-state index in [4.69, 9.17) is 0 Å². The first-order valence-corrected chi connectivity index (χ1v) is 4.87. The van der Waals surface area contributed by atoms with Gasteiger partial charge in [-0.05, 0) is 18.9 Å². The van der Waals surface area contributed by atoms with Crippen LogP contribution in [0.25, 0.3) is 0 Å². The quantitative estimate of drug-likeness (QED) is 0.749. The summed E-state index contributed by atoms with van der Waals surface area (Å²) in [6.07, 6.45) is 2.73. The highest BCUT2D eigenvalue weighted by Crippen LogP contribution is 2.06. The Balaban J connectivity index is 2.92. The number of nitrogens with zero attached hydrogens (tertiary/aromatic N) is 3. The highest BCUT2D eigenvalue weighted by atomic mass is 16.1. The number of carbonyl (C=O) groups excluding carboxylic acids is 1. The normalized spacial score (nSPS) is 9.73. The van der Waals surface area contributed by atoms with Crippen LogP contribution in [0.2, 0.25) is 0 Å². The summed E-state index contributed by atoms with van der Waals surface area (Å²) < 4.78 is 0. The molecule has 0 saturated heterocycles. The summed E-state index contributed by atoms with van der Waals surface area (Å²) in [4.78, 5) is 15.2. The maximum atomic E-state index is 11.0. The maximum absolute atomic E-state index is 11.0. The Morgan fingerprint density at radius 3 is 2.53 bits per heavy atom. The zero-order chi connectivity index (χ0) is 11.3. The predicted molar refractivity (Wildman–Crippen MR) is 57.4 cm³/mol. The molecule has 0 aromatic carbocycles. The number of hydrogen-bond acceptors (Lipinski definition) is 4. The minimum absolute atomic E-state index is 0.231. The Hall–Kier alpha value is -1.78. The minimum Gasteiger partial charge on any atom is -0.290 e. The zero-order valence-corrected chi connectivity index (χ0v) is 8.95. The number of anilines is 1. The Morgan fingerprint density at radius 2 is 2.00 bits per heavy atom. The second kappa shape index (κ2) is 5.19. The van der Waals surface area contributed by atoms with Crippen molar-refractivity contribution in [3.63, 3.8) is 0 Å². The summed E-state index contributed by atoms with van der Waals surface area (Å²) in [5.74, 6) is -0.1000. The van der Waals surface area contributed by atoms with Gasteiger partial charge in [0.25, 0.3) is 0 Å². The number of nitrogens with one attached hydrogen (secondary N) is 1. The molecular weight excluding hydrogens is 192 g/mol. The van der Waals surface area contributed by atoms with E-state index in [-0.39, 0.29) is 11.9 Å². The van der Waals surface area contributed by atoms with E-state index < -0.39 is 0 Å². The van der Waals surface area contributed by atoms with E-state index in [0.717, 1.165) is 24.2 Å². The van der Waals surface area contributed by atoms with Crippen molar-refractivity contribution in [2.75, 3.05) is 5.32 Å². The third kappa shape index (κ3) is 2.83. The highest BCUT2D eigenvalue weighted by molar-refractivity contribution is 5.97. The molecule has 1 N–H and O–H groups in total. The number of rotatable bonds is 4. The van der Waals surface area contributed by atoms with Gasteiger partial charge in [-0.3, -0.25) is 10.1 Å². The number of amides is 1. The first-order chi connectivity index (χ1) is 7.21. The van der Waals surface area contributed by atoms with Crippen LogP contribution >= 0.6 is 0 Å². The van der Waals surface area contributed by atoms with E-state index in [0.29, 0.717) is 0 Å². The summed E-state index contributed by atoms with van der Waals surface area (Å²) in [6.45, 7) is 7.33. The van der Waals surface area contributed by atoms with Crippen LogP contribution in [0.3, 0.4) is 0 Å². The van der Waals surface area contributed by atoms with Crippen LogP contribution in [0.4, 0.5) is 5.95 Å². The molecule has 0 aliphatic rings. The molecular formula is C10H14N4O. The molecule has 5 nitrogen and oxygen atoms in total. The molecule has 0 aliphatic carbocycles. The zero-order valence-electron chi connectivity index (χ0n) is 8.95. The Morgan fingerprint density at radius 1 is 1.33 bits per heavy atom. The first-order valence-electron chi connectivity index (χ1n) is 4.87. The van der Waals surface area contributed by atoms with Gasteiger partial charge in [0.2, 0.25) is 11.9 Å². The third-order valence-corrected chi connectivity index (χ3v) is 1.93. The molecule has 0 fully saturated rings. The van der Waals surface area contributed by atoms with Crippen LogP contribution in [0.5, 0.6) is 0 Å². The summed E-state index contributed by atoms with van der Waals surface area (Å²) in [5.41, 5.74) is 1.74. The van der Waals surface area contributed by atoms with E-state index in [1.54, 1.807) is 0 Å². The van der Waals surface area contributed by atoms with Crippen molar-refractivity contribution in [3.05, 3.63) is 24.0 Å².